The fourth-order valence-electron chi connectivity index (χ4n) is 1.15. The maximum atomic E-state index is 12.3. The van der Waals surface area contributed by atoms with Crippen LogP contribution >= 0.6 is 0 Å². The first-order valence-electron chi connectivity index (χ1n) is 3.76. The molecule has 0 amide bonds. The molecular weight excluding hydrogens is 233 g/mol. The highest BCUT2D eigenvalue weighted by atomic mass is 19.4. The average molecular weight is 238 g/mol. The zero-order valence-corrected chi connectivity index (χ0v) is 7.74. The highest BCUT2D eigenvalue weighted by molar-refractivity contribution is 5.99. The van der Waals surface area contributed by atoms with Crippen molar-refractivity contribution in [2.24, 2.45) is 7.05 Å². The van der Waals surface area contributed by atoms with Crippen LogP contribution in [-0.2, 0) is 13.2 Å². The zero-order valence-electron chi connectivity index (χ0n) is 7.74. The SMILES string of the molecule is Cn1c(C(F)(F)F)nc(C(=O)O)c1C(=O)O. The van der Waals surface area contributed by atoms with Gasteiger partial charge in [-0.15, -0.1) is 0 Å². The molecule has 0 aliphatic carbocycles. The summed E-state index contributed by atoms with van der Waals surface area (Å²) in [6.45, 7) is 0. The maximum absolute atomic E-state index is 12.3. The summed E-state index contributed by atoms with van der Waals surface area (Å²) in [5.74, 6) is -5.19. The van der Waals surface area contributed by atoms with E-state index < -0.39 is 35.3 Å². The number of halogens is 3. The Hall–Kier alpha value is -2.06. The van der Waals surface area contributed by atoms with Crippen molar-refractivity contribution in [1.29, 1.82) is 0 Å². The molecule has 0 aliphatic heterocycles. The molecule has 0 fully saturated rings. The molecule has 0 unspecified atom stereocenters. The van der Waals surface area contributed by atoms with Gasteiger partial charge in [0.05, 0.1) is 0 Å². The number of carboxylic acids is 2. The third kappa shape index (κ3) is 1.83. The van der Waals surface area contributed by atoms with Crippen LogP contribution in [-0.4, -0.2) is 31.7 Å². The number of aromatic nitrogens is 2. The van der Waals surface area contributed by atoms with Gasteiger partial charge in [-0.1, -0.05) is 0 Å². The number of carbonyl (C=O) groups is 2. The lowest BCUT2D eigenvalue weighted by atomic mass is 10.3. The van der Waals surface area contributed by atoms with Gasteiger partial charge in [0.15, 0.2) is 11.4 Å². The fraction of sp³-hybridized carbons (Fsp3) is 0.286. The van der Waals surface area contributed by atoms with Gasteiger partial charge in [0.25, 0.3) is 0 Å². The Labute approximate surface area is 85.9 Å². The Morgan fingerprint density at radius 1 is 1.25 bits per heavy atom. The van der Waals surface area contributed by atoms with Crippen molar-refractivity contribution in [3.8, 4) is 0 Å². The van der Waals surface area contributed by atoms with E-state index in [-0.39, 0.29) is 4.57 Å². The Balaban J connectivity index is 3.54. The predicted octanol–water partition coefficient (Wildman–Crippen LogP) is 0.835. The molecule has 0 saturated heterocycles. The molecule has 0 aromatic carbocycles. The number of alkyl halides is 3. The van der Waals surface area contributed by atoms with Crippen molar-refractivity contribution in [3.05, 3.63) is 17.2 Å². The third-order valence-corrected chi connectivity index (χ3v) is 1.75. The minimum Gasteiger partial charge on any atom is -0.476 e. The van der Waals surface area contributed by atoms with E-state index in [1.165, 1.54) is 0 Å². The van der Waals surface area contributed by atoms with Crippen molar-refractivity contribution in [1.82, 2.24) is 9.55 Å². The molecule has 0 atom stereocenters. The smallest absolute Gasteiger partial charge is 0.449 e. The molecule has 1 aromatic rings. The Bertz CT molecular complexity index is 463. The normalized spacial score (nSPS) is 11.5. The van der Waals surface area contributed by atoms with Crippen molar-refractivity contribution >= 4 is 11.9 Å². The first kappa shape index (κ1) is 12.0. The van der Waals surface area contributed by atoms with E-state index in [1.807, 2.05) is 0 Å². The van der Waals surface area contributed by atoms with Crippen LogP contribution in [0.25, 0.3) is 0 Å². The van der Waals surface area contributed by atoms with Crippen LogP contribution in [0.15, 0.2) is 0 Å². The zero-order chi connectivity index (χ0) is 12.7. The van der Waals surface area contributed by atoms with Crippen molar-refractivity contribution < 1.29 is 33.0 Å². The van der Waals surface area contributed by atoms with Gasteiger partial charge in [-0.2, -0.15) is 13.2 Å². The summed E-state index contributed by atoms with van der Waals surface area (Å²) in [5, 5.41) is 17.1. The summed E-state index contributed by atoms with van der Waals surface area (Å²) in [4.78, 5) is 23.9. The van der Waals surface area contributed by atoms with Crippen LogP contribution in [0, 0.1) is 0 Å². The van der Waals surface area contributed by atoms with Crippen LogP contribution in [0.1, 0.15) is 26.8 Å². The minimum atomic E-state index is -4.91. The number of carboxylic acid groups (broad SMARTS) is 2. The van der Waals surface area contributed by atoms with Gasteiger partial charge in [0, 0.05) is 7.05 Å². The number of hydrogen-bond donors (Lipinski definition) is 2. The van der Waals surface area contributed by atoms with Gasteiger partial charge >= 0.3 is 18.1 Å². The van der Waals surface area contributed by atoms with Gasteiger partial charge in [-0.25, -0.2) is 14.6 Å². The maximum Gasteiger partial charge on any atom is 0.449 e. The molecular formula is C7H5F3N2O4. The monoisotopic (exact) mass is 238 g/mol. The molecule has 1 aromatic heterocycles. The first-order valence-corrected chi connectivity index (χ1v) is 3.76. The summed E-state index contributed by atoms with van der Waals surface area (Å²) >= 11 is 0. The fourth-order valence-corrected chi connectivity index (χ4v) is 1.15. The Morgan fingerprint density at radius 3 is 2.00 bits per heavy atom. The molecule has 9 heteroatoms. The number of rotatable bonds is 2. The van der Waals surface area contributed by atoms with E-state index in [2.05, 4.69) is 4.98 Å². The molecule has 0 aliphatic rings. The van der Waals surface area contributed by atoms with Crippen LogP contribution in [0.3, 0.4) is 0 Å². The second-order valence-corrected chi connectivity index (χ2v) is 2.80. The first-order chi connectivity index (χ1) is 7.16. The number of aromatic carboxylic acids is 2. The van der Waals surface area contributed by atoms with Crippen molar-refractivity contribution in [2.45, 2.75) is 6.18 Å². The van der Waals surface area contributed by atoms with Crippen molar-refractivity contribution in [2.75, 3.05) is 0 Å². The molecule has 0 radical (unpaired) electrons. The van der Waals surface area contributed by atoms with Gasteiger partial charge in [0.2, 0.25) is 5.82 Å². The lowest BCUT2D eigenvalue weighted by Crippen LogP contribution is -2.15. The molecule has 1 heterocycles. The second kappa shape index (κ2) is 3.51. The molecule has 2 N–H and O–H groups in total. The third-order valence-electron chi connectivity index (χ3n) is 1.75. The van der Waals surface area contributed by atoms with Crippen molar-refractivity contribution in [3.63, 3.8) is 0 Å². The molecule has 0 saturated carbocycles. The molecule has 6 nitrogen and oxygen atoms in total. The Morgan fingerprint density at radius 2 is 1.75 bits per heavy atom. The van der Waals surface area contributed by atoms with E-state index >= 15 is 0 Å². The lowest BCUT2D eigenvalue weighted by Gasteiger charge is -2.05. The van der Waals surface area contributed by atoms with Crippen LogP contribution in [0.5, 0.6) is 0 Å². The molecule has 88 valence electrons. The summed E-state index contributed by atoms with van der Waals surface area (Å²) in [6.07, 6.45) is -4.91. The standard InChI is InChI=1S/C7H5F3N2O4/c1-12-3(5(15)16)2(4(13)14)11-6(12)7(8,9)10/h1H3,(H,13,14)(H,15,16). The molecule has 0 bridgehead atoms. The summed E-state index contributed by atoms with van der Waals surface area (Å²) < 4.78 is 37.1. The van der Waals surface area contributed by atoms with E-state index in [9.17, 15) is 22.8 Å². The van der Waals surface area contributed by atoms with E-state index in [1.54, 1.807) is 0 Å². The number of nitrogens with zero attached hydrogens (tertiary/aromatic N) is 2. The lowest BCUT2D eigenvalue weighted by molar-refractivity contribution is -0.146. The summed E-state index contributed by atoms with van der Waals surface area (Å²) in [5.41, 5.74) is -2.15. The predicted molar refractivity (Wildman–Crippen MR) is 42.1 cm³/mol. The van der Waals surface area contributed by atoms with E-state index in [0.29, 0.717) is 0 Å². The summed E-state index contributed by atoms with van der Waals surface area (Å²) in [6, 6.07) is 0. The van der Waals surface area contributed by atoms with Gasteiger partial charge in [-0.05, 0) is 0 Å². The van der Waals surface area contributed by atoms with Crippen LogP contribution < -0.4 is 0 Å². The van der Waals surface area contributed by atoms with Gasteiger partial charge in [-0.3, -0.25) is 0 Å². The summed E-state index contributed by atoms with van der Waals surface area (Å²) in [7, 11) is 0.783. The van der Waals surface area contributed by atoms with E-state index in [4.69, 9.17) is 10.2 Å². The Kier molecular flexibility index (Phi) is 2.63. The molecule has 16 heavy (non-hydrogen) atoms. The second-order valence-electron chi connectivity index (χ2n) is 2.80. The molecule has 1 rings (SSSR count). The van der Waals surface area contributed by atoms with E-state index in [0.717, 1.165) is 7.05 Å². The molecule has 0 spiro atoms. The topological polar surface area (TPSA) is 92.4 Å². The number of hydrogen-bond acceptors (Lipinski definition) is 3. The van der Waals surface area contributed by atoms with Gasteiger partial charge < -0.3 is 14.8 Å². The van der Waals surface area contributed by atoms with Gasteiger partial charge in [0.1, 0.15) is 0 Å². The largest absolute Gasteiger partial charge is 0.476 e. The average Bonchev–Trinajstić information content (AvgIpc) is 2.41. The van der Waals surface area contributed by atoms with Crippen LogP contribution in [0.2, 0.25) is 0 Å². The highest BCUT2D eigenvalue weighted by Crippen LogP contribution is 2.29. The van der Waals surface area contributed by atoms with Crippen LogP contribution in [0.4, 0.5) is 13.2 Å². The quantitative estimate of drug-likeness (QED) is 0.796. The highest BCUT2D eigenvalue weighted by Gasteiger charge is 2.40. The number of imidazole rings is 1. The minimum absolute atomic E-state index is 0.186.